The van der Waals surface area contributed by atoms with Crippen LogP contribution in [0.25, 0.3) is 0 Å². The zero-order chi connectivity index (χ0) is 16.2. The smallest absolute Gasteiger partial charge is 0.303 e. The molecule has 0 spiro atoms. The number of rotatable bonds is 7. The molecule has 1 N–H and O–H groups in total. The number of nitrogens with zero attached hydrogens (tertiary/aromatic N) is 2. The summed E-state index contributed by atoms with van der Waals surface area (Å²) in [7, 11) is -2.07. The maximum absolute atomic E-state index is 12.4. The van der Waals surface area contributed by atoms with Gasteiger partial charge in [0.05, 0.1) is 11.4 Å². The van der Waals surface area contributed by atoms with Gasteiger partial charge in [0, 0.05) is 25.0 Å². The second-order valence-electron chi connectivity index (χ2n) is 4.72. The largest absolute Gasteiger partial charge is 0.481 e. The highest BCUT2D eigenvalue weighted by atomic mass is 32.2. The minimum Gasteiger partial charge on any atom is -0.481 e. The van der Waals surface area contributed by atoms with Crippen LogP contribution in [-0.2, 0) is 27.8 Å². The maximum Gasteiger partial charge on any atom is 0.303 e. The summed E-state index contributed by atoms with van der Waals surface area (Å²) in [6.45, 7) is 0.223. The van der Waals surface area contributed by atoms with Crippen molar-refractivity contribution in [2.24, 2.45) is 0 Å². The first-order chi connectivity index (χ1) is 10.4. The van der Waals surface area contributed by atoms with Gasteiger partial charge in [0.15, 0.2) is 0 Å². The predicted molar refractivity (Wildman–Crippen MR) is 83.2 cm³/mol. The lowest BCUT2D eigenvalue weighted by molar-refractivity contribution is -0.136. The summed E-state index contributed by atoms with van der Waals surface area (Å²) in [5, 5.41) is 11.2. The Morgan fingerprint density at radius 1 is 1.32 bits per heavy atom. The van der Waals surface area contributed by atoms with E-state index in [9.17, 15) is 13.2 Å². The SMILES string of the molecule is CN(Cc1nccs1)S(=O)(=O)c1ccc(CCC(=O)O)cc1. The summed E-state index contributed by atoms with van der Waals surface area (Å²) in [6, 6.07) is 6.30. The van der Waals surface area contributed by atoms with Crippen molar-refractivity contribution in [3.05, 3.63) is 46.4 Å². The summed E-state index contributed by atoms with van der Waals surface area (Å²) in [5.41, 5.74) is 0.795. The number of carbonyl (C=O) groups is 1. The third-order valence-electron chi connectivity index (χ3n) is 3.10. The van der Waals surface area contributed by atoms with E-state index in [0.717, 1.165) is 10.6 Å². The van der Waals surface area contributed by atoms with Gasteiger partial charge in [-0.1, -0.05) is 12.1 Å². The van der Waals surface area contributed by atoms with Crippen molar-refractivity contribution in [2.75, 3.05) is 7.05 Å². The van der Waals surface area contributed by atoms with Crippen molar-refractivity contribution < 1.29 is 18.3 Å². The third kappa shape index (κ3) is 4.12. The zero-order valence-corrected chi connectivity index (χ0v) is 13.6. The molecule has 118 valence electrons. The number of aromatic nitrogens is 1. The lowest BCUT2D eigenvalue weighted by atomic mass is 10.1. The van der Waals surface area contributed by atoms with Crippen molar-refractivity contribution in [3.8, 4) is 0 Å². The summed E-state index contributed by atoms with van der Waals surface area (Å²) in [4.78, 5) is 14.8. The summed E-state index contributed by atoms with van der Waals surface area (Å²) in [6.07, 6.45) is 2.04. The molecule has 0 saturated carbocycles. The van der Waals surface area contributed by atoms with Gasteiger partial charge in [-0.15, -0.1) is 11.3 Å². The average molecular weight is 340 g/mol. The molecule has 0 amide bonds. The van der Waals surface area contributed by atoms with E-state index in [1.165, 1.54) is 34.8 Å². The van der Waals surface area contributed by atoms with Crippen molar-refractivity contribution in [3.63, 3.8) is 0 Å². The Kier molecular flexibility index (Phi) is 5.28. The number of benzene rings is 1. The van der Waals surface area contributed by atoms with E-state index in [0.29, 0.717) is 6.42 Å². The van der Waals surface area contributed by atoms with E-state index in [1.54, 1.807) is 23.7 Å². The molecule has 0 unspecified atom stereocenters. The van der Waals surface area contributed by atoms with E-state index >= 15 is 0 Å². The highest BCUT2D eigenvalue weighted by Crippen LogP contribution is 2.18. The molecule has 0 atom stereocenters. The first kappa shape index (κ1) is 16.6. The molecule has 1 heterocycles. The fraction of sp³-hybridized carbons (Fsp3) is 0.286. The van der Waals surface area contributed by atoms with Crippen LogP contribution in [0.4, 0.5) is 0 Å². The zero-order valence-electron chi connectivity index (χ0n) is 12.0. The predicted octanol–water partition coefficient (Wildman–Crippen LogP) is 1.98. The summed E-state index contributed by atoms with van der Waals surface area (Å²) >= 11 is 1.40. The molecule has 1 aromatic heterocycles. The molecule has 8 heteroatoms. The van der Waals surface area contributed by atoms with Crippen LogP contribution in [0, 0.1) is 0 Å². The third-order valence-corrected chi connectivity index (χ3v) is 5.68. The summed E-state index contributed by atoms with van der Waals surface area (Å²) < 4.78 is 26.1. The molecular formula is C14H16N2O4S2. The van der Waals surface area contributed by atoms with Crippen molar-refractivity contribution in [1.82, 2.24) is 9.29 Å². The van der Waals surface area contributed by atoms with Crippen LogP contribution in [0.1, 0.15) is 17.0 Å². The molecule has 0 radical (unpaired) electrons. The van der Waals surface area contributed by atoms with Gasteiger partial charge < -0.3 is 5.11 Å². The van der Waals surface area contributed by atoms with Crippen molar-refractivity contribution in [2.45, 2.75) is 24.3 Å². The van der Waals surface area contributed by atoms with Gasteiger partial charge in [0.2, 0.25) is 10.0 Å². The lowest BCUT2D eigenvalue weighted by Gasteiger charge is -2.16. The van der Waals surface area contributed by atoms with E-state index < -0.39 is 16.0 Å². The van der Waals surface area contributed by atoms with Crippen LogP contribution in [0.15, 0.2) is 40.7 Å². The standard InChI is InChI=1S/C14H16N2O4S2/c1-16(10-13-15-8-9-21-13)22(19,20)12-5-2-11(3-6-12)4-7-14(17)18/h2-3,5-6,8-9H,4,7,10H2,1H3,(H,17,18). The average Bonchev–Trinajstić information content (AvgIpc) is 2.98. The Balaban J connectivity index is 2.10. The number of carboxylic acid groups (broad SMARTS) is 1. The molecular weight excluding hydrogens is 324 g/mol. The molecule has 0 aliphatic heterocycles. The fourth-order valence-electron chi connectivity index (χ4n) is 1.87. The monoisotopic (exact) mass is 340 g/mol. The Morgan fingerprint density at radius 3 is 2.55 bits per heavy atom. The Labute approximate surface area is 133 Å². The Hall–Kier alpha value is -1.77. The number of aliphatic carboxylic acids is 1. The molecule has 0 aliphatic carbocycles. The van der Waals surface area contributed by atoms with Gasteiger partial charge in [-0.05, 0) is 24.1 Å². The second-order valence-corrected chi connectivity index (χ2v) is 7.75. The van der Waals surface area contributed by atoms with Gasteiger partial charge in [0.25, 0.3) is 0 Å². The van der Waals surface area contributed by atoms with Crippen LogP contribution in [0.3, 0.4) is 0 Å². The maximum atomic E-state index is 12.4. The number of carboxylic acids is 1. The van der Waals surface area contributed by atoms with E-state index in [-0.39, 0.29) is 17.9 Å². The molecule has 0 saturated heterocycles. The number of sulfonamides is 1. The Bertz CT molecular complexity index is 725. The molecule has 2 aromatic rings. The molecule has 2 rings (SSSR count). The van der Waals surface area contributed by atoms with Crippen molar-refractivity contribution in [1.29, 1.82) is 0 Å². The van der Waals surface area contributed by atoms with Crippen LogP contribution < -0.4 is 0 Å². The minimum atomic E-state index is -3.58. The van der Waals surface area contributed by atoms with Gasteiger partial charge in [-0.25, -0.2) is 13.4 Å². The lowest BCUT2D eigenvalue weighted by Crippen LogP contribution is -2.26. The second kappa shape index (κ2) is 6.99. The molecule has 1 aromatic carbocycles. The number of hydrogen-bond donors (Lipinski definition) is 1. The quantitative estimate of drug-likeness (QED) is 0.833. The minimum absolute atomic E-state index is 0.0239. The highest BCUT2D eigenvalue weighted by molar-refractivity contribution is 7.89. The van der Waals surface area contributed by atoms with Crippen LogP contribution in [0.2, 0.25) is 0 Å². The molecule has 22 heavy (non-hydrogen) atoms. The number of thiazole rings is 1. The van der Waals surface area contributed by atoms with Crippen LogP contribution in [-0.4, -0.2) is 35.8 Å². The highest BCUT2D eigenvalue weighted by Gasteiger charge is 2.21. The normalized spacial score (nSPS) is 11.7. The van der Waals surface area contributed by atoms with Crippen LogP contribution >= 0.6 is 11.3 Å². The van der Waals surface area contributed by atoms with Gasteiger partial charge >= 0.3 is 5.97 Å². The van der Waals surface area contributed by atoms with E-state index in [4.69, 9.17) is 5.11 Å². The topological polar surface area (TPSA) is 87.6 Å². The molecule has 6 nitrogen and oxygen atoms in total. The van der Waals surface area contributed by atoms with E-state index in [1.807, 2.05) is 0 Å². The van der Waals surface area contributed by atoms with Crippen molar-refractivity contribution >= 4 is 27.3 Å². The van der Waals surface area contributed by atoms with Gasteiger partial charge in [0.1, 0.15) is 5.01 Å². The molecule has 0 fully saturated rings. The Morgan fingerprint density at radius 2 is 2.00 bits per heavy atom. The van der Waals surface area contributed by atoms with Crippen LogP contribution in [0.5, 0.6) is 0 Å². The van der Waals surface area contributed by atoms with Gasteiger partial charge in [-0.3, -0.25) is 4.79 Å². The van der Waals surface area contributed by atoms with Gasteiger partial charge in [-0.2, -0.15) is 4.31 Å². The summed E-state index contributed by atoms with van der Waals surface area (Å²) in [5.74, 6) is -0.875. The molecule has 0 aliphatic rings. The first-order valence-electron chi connectivity index (χ1n) is 6.55. The fourth-order valence-corrected chi connectivity index (χ4v) is 3.75. The van der Waals surface area contributed by atoms with E-state index in [2.05, 4.69) is 4.98 Å². The first-order valence-corrected chi connectivity index (χ1v) is 8.87. The number of aryl methyl sites for hydroxylation is 1. The molecule has 0 bridgehead atoms. The number of hydrogen-bond acceptors (Lipinski definition) is 5.